The number of benzene rings is 1. The van der Waals surface area contributed by atoms with Gasteiger partial charge in [0.05, 0.1) is 12.0 Å². The molecule has 0 saturated carbocycles. The van der Waals surface area contributed by atoms with E-state index in [9.17, 15) is 9.59 Å². The third-order valence-corrected chi connectivity index (χ3v) is 4.29. The summed E-state index contributed by atoms with van der Waals surface area (Å²) in [6, 6.07) is 6.88. The Bertz CT molecular complexity index is 1000. The molecule has 3 aromatic rings. The van der Waals surface area contributed by atoms with E-state index < -0.39 is 0 Å². The molecule has 7 nitrogen and oxygen atoms in total. The van der Waals surface area contributed by atoms with E-state index >= 15 is 0 Å². The Morgan fingerprint density at radius 1 is 1.27 bits per heavy atom. The Morgan fingerprint density at radius 2 is 1.96 bits per heavy atom. The fourth-order valence-corrected chi connectivity index (χ4v) is 2.69. The maximum absolute atomic E-state index is 12.6. The van der Waals surface area contributed by atoms with Gasteiger partial charge in [0.25, 0.3) is 11.5 Å². The number of amides is 1. The average Bonchev–Trinajstić information content (AvgIpc) is 2.99. The lowest BCUT2D eigenvalue weighted by Gasteiger charge is -2.05. The van der Waals surface area contributed by atoms with Crippen LogP contribution in [0.3, 0.4) is 0 Å². The van der Waals surface area contributed by atoms with Crippen LogP contribution in [0.15, 0.2) is 35.4 Å². The van der Waals surface area contributed by atoms with E-state index in [1.807, 2.05) is 0 Å². The number of carbonyl (C=O) groups is 1. The molecule has 0 fully saturated rings. The molecule has 26 heavy (non-hydrogen) atoms. The van der Waals surface area contributed by atoms with E-state index in [0.29, 0.717) is 23.2 Å². The molecule has 0 spiro atoms. The van der Waals surface area contributed by atoms with Crippen molar-refractivity contribution in [1.82, 2.24) is 24.6 Å². The molecule has 0 radical (unpaired) electrons. The second-order valence-electron chi connectivity index (χ2n) is 6.53. The summed E-state index contributed by atoms with van der Waals surface area (Å²) in [7, 11) is 1.61. The lowest BCUT2D eigenvalue weighted by Crippen LogP contribution is -2.26. The maximum Gasteiger partial charge on any atom is 0.279 e. The minimum Gasteiger partial charge on any atom is -0.351 e. The van der Waals surface area contributed by atoms with Crippen LogP contribution in [0, 0.1) is 5.92 Å². The Morgan fingerprint density at radius 3 is 2.62 bits per heavy atom. The summed E-state index contributed by atoms with van der Waals surface area (Å²) >= 11 is 5.94. The molecule has 0 unspecified atom stereocenters. The quantitative estimate of drug-likeness (QED) is 0.745. The van der Waals surface area contributed by atoms with Crippen molar-refractivity contribution in [3.8, 4) is 5.69 Å². The zero-order valence-electron chi connectivity index (χ0n) is 14.9. The van der Waals surface area contributed by atoms with Crippen molar-refractivity contribution in [2.75, 3.05) is 6.54 Å². The Kier molecular flexibility index (Phi) is 5.08. The van der Waals surface area contributed by atoms with Crippen molar-refractivity contribution >= 4 is 28.5 Å². The molecule has 3 rings (SSSR count). The van der Waals surface area contributed by atoms with Crippen molar-refractivity contribution in [2.24, 2.45) is 13.0 Å². The first-order valence-electron chi connectivity index (χ1n) is 8.37. The van der Waals surface area contributed by atoms with Gasteiger partial charge in [-0.05, 0) is 36.6 Å². The predicted molar refractivity (Wildman–Crippen MR) is 101 cm³/mol. The highest BCUT2D eigenvalue weighted by molar-refractivity contribution is 6.30. The highest BCUT2D eigenvalue weighted by atomic mass is 35.5. The lowest BCUT2D eigenvalue weighted by atomic mass is 10.1. The molecule has 0 saturated heterocycles. The molecule has 0 bridgehead atoms. The van der Waals surface area contributed by atoms with Crippen molar-refractivity contribution in [1.29, 1.82) is 0 Å². The van der Waals surface area contributed by atoms with Crippen LogP contribution in [0.5, 0.6) is 0 Å². The summed E-state index contributed by atoms with van der Waals surface area (Å²) in [6.45, 7) is 4.71. The van der Waals surface area contributed by atoms with Gasteiger partial charge in [0.1, 0.15) is 5.52 Å². The van der Waals surface area contributed by atoms with Crippen molar-refractivity contribution in [3.05, 3.63) is 51.7 Å². The van der Waals surface area contributed by atoms with Crippen LogP contribution in [0.4, 0.5) is 0 Å². The average molecular weight is 374 g/mol. The number of carbonyl (C=O) groups excluding carboxylic acids is 1. The van der Waals surface area contributed by atoms with Gasteiger partial charge >= 0.3 is 0 Å². The van der Waals surface area contributed by atoms with E-state index in [1.54, 1.807) is 31.3 Å². The Balaban J connectivity index is 2.10. The summed E-state index contributed by atoms with van der Waals surface area (Å²) in [4.78, 5) is 29.5. The molecule has 0 aliphatic rings. The van der Waals surface area contributed by atoms with Gasteiger partial charge in [-0.1, -0.05) is 25.4 Å². The summed E-state index contributed by atoms with van der Waals surface area (Å²) in [6.07, 6.45) is 2.25. The van der Waals surface area contributed by atoms with Crippen LogP contribution in [-0.2, 0) is 7.05 Å². The zero-order chi connectivity index (χ0) is 18.8. The first kappa shape index (κ1) is 18.1. The van der Waals surface area contributed by atoms with Crippen LogP contribution >= 0.6 is 11.6 Å². The van der Waals surface area contributed by atoms with E-state index in [0.717, 1.165) is 6.42 Å². The third-order valence-electron chi connectivity index (χ3n) is 4.04. The smallest absolute Gasteiger partial charge is 0.279 e. The van der Waals surface area contributed by atoms with Gasteiger partial charge in [-0.15, -0.1) is 0 Å². The second kappa shape index (κ2) is 7.29. The van der Waals surface area contributed by atoms with E-state index in [1.165, 1.54) is 15.6 Å². The summed E-state index contributed by atoms with van der Waals surface area (Å²) in [5.41, 5.74) is 1.03. The number of aryl methyl sites for hydroxylation is 1. The first-order chi connectivity index (χ1) is 12.4. The van der Waals surface area contributed by atoms with Gasteiger partial charge in [-0.25, -0.2) is 9.67 Å². The number of hydrogen-bond acceptors (Lipinski definition) is 4. The molecule has 2 aromatic heterocycles. The normalized spacial score (nSPS) is 11.3. The molecular formula is C18H20ClN5O2. The number of halogens is 1. The molecular weight excluding hydrogens is 354 g/mol. The SMILES string of the molecule is CC(C)CCNC(=O)c1nn(-c2ccc(Cl)cc2)c2c(=O)n(C)cnc12. The molecule has 0 aliphatic carbocycles. The highest BCUT2D eigenvalue weighted by Gasteiger charge is 2.22. The monoisotopic (exact) mass is 373 g/mol. The topological polar surface area (TPSA) is 81.8 Å². The molecule has 1 amide bonds. The number of nitrogens with one attached hydrogen (secondary N) is 1. The van der Waals surface area contributed by atoms with Crippen molar-refractivity contribution < 1.29 is 4.79 Å². The largest absolute Gasteiger partial charge is 0.351 e. The molecule has 2 heterocycles. The van der Waals surface area contributed by atoms with Crippen LogP contribution in [0.2, 0.25) is 5.02 Å². The number of nitrogens with zero attached hydrogens (tertiary/aromatic N) is 4. The number of rotatable bonds is 5. The molecule has 1 aromatic carbocycles. The van der Waals surface area contributed by atoms with Gasteiger partial charge in [-0.2, -0.15) is 5.10 Å². The van der Waals surface area contributed by atoms with Crippen molar-refractivity contribution in [2.45, 2.75) is 20.3 Å². The van der Waals surface area contributed by atoms with Gasteiger partial charge in [0, 0.05) is 18.6 Å². The summed E-state index contributed by atoms with van der Waals surface area (Å²) in [5, 5.41) is 7.79. The Labute approximate surface area is 155 Å². The van der Waals surface area contributed by atoms with Gasteiger partial charge < -0.3 is 9.88 Å². The van der Waals surface area contributed by atoms with Gasteiger partial charge in [0.15, 0.2) is 11.2 Å². The fourth-order valence-electron chi connectivity index (χ4n) is 2.57. The van der Waals surface area contributed by atoms with E-state index in [4.69, 9.17) is 11.6 Å². The summed E-state index contributed by atoms with van der Waals surface area (Å²) in [5.74, 6) is 0.133. The minimum absolute atomic E-state index is 0.136. The number of aromatic nitrogens is 4. The molecule has 1 N–H and O–H groups in total. The second-order valence-corrected chi connectivity index (χ2v) is 6.97. The minimum atomic E-state index is -0.343. The molecule has 8 heteroatoms. The number of fused-ring (bicyclic) bond motifs is 1. The molecule has 0 atom stereocenters. The van der Waals surface area contributed by atoms with Crippen LogP contribution in [0.1, 0.15) is 30.8 Å². The molecule has 0 aliphatic heterocycles. The van der Waals surface area contributed by atoms with Crippen molar-refractivity contribution in [3.63, 3.8) is 0 Å². The van der Waals surface area contributed by atoms with Gasteiger partial charge in [-0.3, -0.25) is 9.59 Å². The van der Waals surface area contributed by atoms with Crippen LogP contribution in [-0.4, -0.2) is 31.8 Å². The first-order valence-corrected chi connectivity index (χ1v) is 8.74. The summed E-state index contributed by atoms with van der Waals surface area (Å²) < 4.78 is 2.80. The van der Waals surface area contributed by atoms with Gasteiger partial charge in [0.2, 0.25) is 0 Å². The standard InChI is InChI=1S/C18H20ClN5O2/c1-11(2)8-9-20-17(25)15-14-16(18(26)23(3)10-21-14)24(22-15)13-6-4-12(19)5-7-13/h4-7,10-11H,8-9H2,1-3H3,(H,20,25). The molecule has 136 valence electrons. The zero-order valence-corrected chi connectivity index (χ0v) is 15.6. The van der Waals surface area contributed by atoms with E-state index in [2.05, 4.69) is 29.2 Å². The predicted octanol–water partition coefficient (Wildman–Crippen LogP) is 2.55. The number of hydrogen-bond donors (Lipinski definition) is 1. The fraction of sp³-hybridized carbons (Fsp3) is 0.333. The van der Waals surface area contributed by atoms with Crippen LogP contribution in [0.25, 0.3) is 16.7 Å². The highest BCUT2D eigenvalue weighted by Crippen LogP contribution is 2.19. The lowest BCUT2D eigenvalue weighted by molar-refractivity contribution is 0.0948. The third kappa shape index (κ3) is 3.48. The maximum atomic E-state index is 12.6. The Hall–Kier alpha value is -2.67. The van der Waals surface area contributed by atoms with Crippen LogP contribution < -0.4 is 10.9 Å². The van der Waals surface area contributed by atoms with E-state index in [-0.39, 0.29) is 28.2 Å².